The van der Waals surface area contributed by atoms with Crippen molar-refractivity contribution in [2.75, 3.05) is 0 Å². The second kappa shape index (κ2) is 9.86. The molecule has 8 atom stereocenters. The first-order chi connectivity index (χ1) is 14.7. The standard InChI is InChI=1S/C29H54O3/c1-17-13-25(31)23(28(3,4)5)15-21(17)27(19-9-11-20(30)12-10-19)22-16-24(29(6,7)8)26(32)14-18(22)2/h17-27,30-32H,9-16H2,1-8H3. The van der Waals surface area contributed by atoms with Crippen molar-refractivity contribution < 1.29 is 15.3 Å². The largest absolute Gasteiger partial charge is 0.393 e. The maximum atomic E-state index is 11.0. The van der Waals surface area contributed by atoms with E-state index >= 15 is 0 Å². The minimum atomic E-state index is -0.192. The Morgan fingerprint density at radius 2 is 0.969 bits per heavy atom. The van der Waals surface area contributed by atoms with Crippen LogP contribution in [0.1, 0.15) is 107 Å². The Kier molecular flexibility index (Phi) is 8.16. The third-order valence-electron chi connectivity index (χ3n) is 10.2. The lowest BCUT2D eigenvalue weighted by Crippen LogP contribution is -2.50. The first kappa shape index (κ1) is 26.5. The zero-order chi connectivity index (χ0) is 24.0. The summed E-state index contributed by atoms with van der Waals surface area (Å²) in [5.41, 5.74) is 0.237. The summed E-state index contributed by atoms with van der Waals surface area (Å²) >= 11 is 0. The van der Waals surface area contributed by atoms with E-state index in [9.17, 15) is 15.3 Å². The molecule has 3 saturated carbocycles. The van der Waals surface area contributed by atoms with Crippen molar-refractivity contribution in [2.24, 2.45) is 58.2 Å². The zero-order valence-corrected chi connectivity index (χ0v) is 22.3. The van der Waals surface area contributed by atoms with Crippen LogP contribution in [0.4, 0.5) is 0 Å². The summed E-state index contributed by atoms with van der Waals surface area (Å²) in [4.78, 5) is 0. The van der Waals surface area contributed by atoms with E-state index in [4.69, 9.17) is 0 Å². The molecule has 3 aliphatic rings. The van der Waals surface area contributed by atoms with E-state index in [0.717, 1.165) is 51.4 Å². The SMILES string of the molecule is CC1CC(O)C(C(C)(C)C)CC1C(C1CCC(O)CC1)C1CC(C(C)(C)C)C(O)CC1C. The predicted molar refractivity (Wildman–Crippen MR) is 133 cm³/mol. The van der Waals surface area contributed by atoms with Crippen LogP contribution < -0.4 is 0 Å². The monoisotopic (exact) mass is 450 g/mol. The molecule has 0 spiro atoms. The molecule has 0 aromatic heterocycles. The molecule has 3 rings (SSSR count). The van der Waals surface area contributed by atoms with Crippen LogP contribution in [0, 0.1) is 58.2 Å². The van der Waals surface area contributed by atoms with Crippen molar-refractivity contribution in [2.45, 2.75) is 125 Å². The molecule has 0 aromatic carbocycles. The number of aliphatic hydroxyl groups is 3. The summed E-state index contributed by atoms with van der Waals surface area (Å²) < 4.78 is 0. The highest BCUT2D eigenvalue weighted by Crippen LogP contribution is 2.55. The fraction of sp³-hybridized carbons (Fsp3) is 1.00. The Balaban J connectivity index is 1.94. The average Bonchev–Trinajstić information content (AvgIpc) is 2.64. The van der Waals surface area contributed by atoms with Gasteiger partial charge in [0.15, 0.2) is 0 Å². The topological polar surface area (TPSA) is 60.7 Å². The van der Waals surface area contributed by atoms with Crippen LogP contribution >= 0.6 is 0 Å². The van der Waals surface area contributed by atoms with Gasteiger partial charge < -0.3 is 15.3 Å². The van der Waals surface area contributed by atoms with Gasteiger partial charge in [0.1, 0.15) is 0 Å². The lowest BCUT2D eigenvalue weighted by Gasteiger charge is -2.54. The lowest BCUT2D eigenvalue weighted by molar-refractivity contribution is -0.0992. The normalized spacial score (nSPS) is 45.5. The molecule has 3 nitrogen and oxygen atoms in total. The first-order valence-corrected chi connectivity index (χ1v) is 13.7. The highest BCUT2D eigenvalue weighted by Gasteiger charge is 2.50. The summed E-state index contributed by atoms with van der Waals surface area (Å²) in [5, 5.41) is 32.2. The molecule has 3 fully saturated rings. The van der Waals surface area contributed by atoms with Crippen LogP contribution in [0.2, 0.25) is 0 Å². The summed E-state index contributed by atoms with van der Waals surface area (Å²) in [6.45, 7) is 18.6. The first-order valence-electron chi connectivity index (χ1n) is 13.7. The smallest absolute Gasteiger partial charge is 0.0576 e. The Morgan fingerprint density at radius 3 is 1.31 bits per heavy atom. The Bertz CT molecular complexity index is 553. The van der Waals surface area contributed by atoms with E-state index in [1.807, 2.05) is 0 Å². The van der Waals surface area contributed by atoms with Crippen LogP contribution in [0.3, 0.4) is 0 Å². The van der Waals surface area contributed by atoms with E-state index in [0.29, 0.717) is 47.3 Å². The van der Waals surface area contributed by atoms with Gasteiger partial charge in [-0.25, -0.2) is 0 Å². The fourth-order valence-corrected chi connectivity index (χ4v) is 8.24. The molecule has 188 valence electrons. The van der Waals surface area contributed by atoms with Gasteiger partial charge in [-0.2, -0.15) is 0 Å². The molecule has 0 aliphatic heterocycles. The van der Waals surface area contributed by atoms with Crippen LogP contribution in [-0.4, -0.2) is 33.6 Å². The van der Waals surface area contributed by atoms with E-state index < -0.39 is 0 Å². The third-order valence-corrected chi connectivity index (χ3v) is 10.2. The van der Waals surface area contributed by atoms with Crippen molar-refractivity contribution in [3.63, 3.8) is 0 Å². The number of rotatable bonds is 3. The van der Waals surface area contributed by atoms with Crippen molar-refractivity contribution in [1.29, 1.82) is 0 Å². The molecule has 0 amide bonds. The summed E-state index contributed by atoms with van der Waals surface area (Å²) in [6, 6.07) is 0. The van der Waals surface area contributed by atoms with Gasteiger partial charge in [0.2, 0.25) is 0 Å². The van der Waals surface area contributed by atoms with Crippen LogP contribution in [0.5, 0.6) is 0 Å². The lowest BCUT2D eigenvalue weighted by atomic mass is 9.52. The van der Waals surface area contributed by atoms with Crippen LogP contribution in [0.25, 0.3) is 0 Å². The van der Waals surface area contributed by atoms with Gasteiger partial charge in [0.05, 0.1) is 18.3 Å². The van der Waals surface area contributed by atoms with Gasteiger partial charge in [-0.05, 0) is 110 Å². The molecule has 0 bridgehead atoms. The van der Waals surface area contributed by atoms with Crippen molar-refractivity contribution in [1.82, 2.24) is 0 Å². The molecule has 3 N–H and O–H groups in total. The van der Waals surface area contributed by atoms with E-state index in [1.165, 1.54) is 0 Å². The molecule has 8 unspecified atom stereocenters. The number of aliphatic hydroxyl groups excluding tert-OH is 3. The van der Waals surface area contributed by atoms with Crippen molar-refractivity contribution in [3.8, 4) is 0 Å². The van der Waals surface area contributed by atoms with Crippen LogP contribution in [-0.2, 0) is 0 Å². The molecule has 0 saturated heterocycles. The van der Waals surface area contributed by atoms with Gasteiger partial charge in [0, 0.05) is 0 Å². The summed E-state index contributed by atoms with van der Waals surface area (Å²) in [6.07, 6.45) is 7.77. The molecule has 3 heteroatoms. The van der Waals surface area contributed by atoms with Gasteiger partial charge in [-0.3, -0.25) is 0 Å². The Morgan fingerprint density at radius 1 is 0.594 bits per heavy atom. The minimum absolute atomic E-state index is 0.118. The molecular formula is C29H54O3. The maximum Gasteiger partial charge on any atom is 0.0576 e. The molecule has 0 heterocycles. The van der Waals surface area contributed by atoms with Crippen molar-refractivity contribution >= 4 is 0 Å². The Hall–Kier alpha value is -0.120. The average molecular weight is 451 g/mol. The van der Waals surface area contributed by atoms with Gasteiger partial charge in [-0.15, -0.1) is 0 Å². The summed E-state index contributed by atoms with van der Waals surface area (Å²) in [7, 11) is 0. The van der Waals surface area contributed by atoms with Crippen molar-refractivity contribution in [3.05, 3.63) is 0 Å². The quantitative estimate of drug-likeness (QED) is 0.473. The minimum Gasteiger partial charge on any atom is -0.393 e. The van der Waals surface area contributed by atoms with Gasteiger partial charge in [0.25, 0.3) is 0 Å². The zero-order valence-electron chi connectivity index (χ0n) is 22.3. The van der Waals surface area contributed by atoms with Crippen LogP contribution in [0.15, 0.2) is 0 Å². The van der Waals surface area contributed by atoms with E-state index in [2.05, 4.69) is 55.4 Å². The molecule has 0 radical (unpaired) electrons. The fourth-order valence-electron chi connectivity index (χ4n) is 8.24. The molecule has 0 aromatic rings. The summed E-state index contributed by atoms with van der Waals surface area (Å²) in [5.74, 6) is 4.34. The van der Waals surface area contributed by atoms with E-state index in [1.54, 1.807) is 0 Å². The Labute approximate surface area is 198 Å². The van der Waals surface area contributed by atoms with Gasteiger partial charge >= 0.3 is 0 Å². The number of hydrogen-bond donors (Lipinski definition) is 3. The predicted octanol–water partition coefficient (Wildman–Crippen LogP) is 6.29. The second-order valence-corrected chi connectivity index (χ2v) is 14.5. The van der Waals surface area contributed by atoms with E-state index in [-0.39, 0.29) is 29.1 Å². The molecule has 3 aliphatic carbocycles. The number of hydrogen-bond acceptors (Lipinski definition) is 3. The third kappa shape index (κ3) is 5.74. The highest BCUT2D eigenvalue weighted by atomic mass is 16.3. The highest BCUT2D eigenvalue weighted by molar-refractivity contribution is 5.00. The van der Waals surface area contributed by atoms with Gasteiger partial charge in [-0.1, -0.05) is 55.4 Å². The molecule has 32 heavy (non-hydrogen) atoms. The molecular weight excluding hydrogens is 396 g/mol. The maximum absolute atomic E-state index is 11.0. The second-order valence-electron chi connectivity index (χ2n) is 14.5.